The van der Waals surface area contributed by atoms with E-state index in [0.29, 0.717) is 31.8 Å². The van der Waals surface area contributed by atoms with Gasteiger partial charge in [-0.05, 0) is 49.7 Å². The minimum Gasteiger partial charge on any atom is -0.354 e. The molecule has 0 saturated carbocycles. The number of nitrogens with zero attached hydrogens (tertiary/aromatic N) is 1. The van der Waals surface area contributed by atoms with Gasteiger partial charge >= 0.3 is 0 Å². The number of aryl methyl sites for hydroxylation is 1. The van der Waals surface area contributed by atoms with E-state index in [4.69, 9.17) is 0 Å². The van der Waals surface area contributed by atoms with Crippen molar-refractivity contribution in [2.24, 2.45) is 0 Å². The van der Waals surface area contributed by atoms with Crippen LogP contribution in [0.25, 0.3) is 0 Å². The first-order chi connectivity index (χ1) is 12.0. The van der Waals surface area contributed by atoms with Crippen molar-refractivity contribution in [3.05, 3.63) is 35.4 Å². The number of nitrogens with one attached hydrogen (secondary N) is 1. The highest BCUT2D eigenvalue weighted by molar-refractivity contribution is 7.89. The van der Waals surface area contributed by atoms with E-state index in [0.717, 1.165) is 25.7 Å². The molecular weight excluding hydrogens is 336 g/mol. The molecule has 1 N–H and O–H groups in total. The number of fused-ring (bicyclic) bond motifs is 1. The fourth-order valence-electron chi connectivity index (χ4n) is 4.12. The van der Waals surface area contributed by atoms with Crippen LogP contribution in [-0.4, -0.2) is 43.5 Å². The van der Waals surface area contributed by atoms with Crippen LogP contribution in [0.5, 0.6) is 0 Å². The third-order valence-corrected chi connectivity index (χ3v) is 7.42. The number of carbonyl (C=O) groups is 1. The van der Waals surface area contributed by atoms with Gasteiger partial charge in [-0.3, -0.25) is 4.79 Å². The standard InChI is InChI=1S/C19H28N2O3S/c1-2-13-25(23,24)21-12-6-11-18(21)19(22)20-14-16-9-5-8-15-7-3-4-10-17(15)16/h3-4,7,10,16,18H,2,5-6,8-9,11-14H2,1H3,(H,20,22). The molecule has 0 bridgehead atoms. The monoisotopic (exact) mass is 364 g/mol. The average molecular weight is 365 g/mol. The van der Waals surface area contributed by atoms with Crippen molar-refractivity contribution < 1.29 is 13.2 Å². The fraction of sp³-hybridized carbons (Fsp3) is 0.632. The lowest BCUT2D eigenvalue weighted by atomic mass is 9.83. The Kier molecular flexibility index (Phi) is 5.79. The Morgan fingerprint density at radius 1 is 1.24 bits per heavy atom. The highest BCUT2D eigenvalue weighted by Crippen LogP contribution is 2.31. The van der Waals surface area contributed by atoms with Gasteiger partial charge in [0.2, 0.25) is 15.9 Å². The predicted molar refractivity (Wildman–Crippen MR) is 98.9 cm³/mol. The molecule has 2 unspecified atom stereocenters. The van der Waals surface area contributed by atoms with Crippen LogP contribution in [0, 0.1) is 0 Å². The number of sulfonamides is 1. The fourth-order valence-corrected chi connectivity index (χ4v) is 5.87. The summed E-state index contributed by atoms with van der Waals surface area (Å²) in [6.07, 6.45) is 5.26. The van der Waals surface area contributed by atoms with E-state index in [1.165, 1.54) is 15.4 Å². The second kappa shape index (κ2) is 7.87. The summed E-state index contributed by atoms with van der Waals surface area (Å²) in [5.41, 5.74) is 2.71. The smallest absolute Gasteiger partial charge is 0.238 e. The van der Waals surface area contributed by atoms with Crippen molar-refractivity contribution in [1.82, 2.24) is 9.62 Å². The summed E-state index contributed by atoms with van der Waals surface area (Å²) in [7, 11) is -3.32. The average Bonchev–Trinajstić information content (AvgIpc) is 3.10. The lowest BCUT2D eigenvalue weighted by Crippen LogP contribution is -2.47. The highest BCUT2D eigenvalue weighted by Gasteiger charge is 2.38. The Labute approximate surface area is 150 Å². The maximum absolute atomic E-state index is 12.6. The van der Waals surface area contributed by atoms with Crippen molar-refractivity contribution in [2.75, 3.05) is 18.8 Å². The number of hydrogen-bond donors (Lipinski definition) is 1. The Morgan fingerprint density at radius 2 is 2.04 bits per heavy atom. The zero-order valence-corrected chi connectivity index (χ0v) is 15.7. The maximum Gasteiger partial charge on any atom is 0.238 e. The van der Waals surface area contributed by atoms with Crippen molar-refractivity contribution in [2.45, 2.75) is 57.4 Å². The topological polar surface area (TPSA) is 66.5 Å². The van der Waals surface area contributed by atoms with Gasteiger partial charge in [0.15, 0.2) is 0 Å². The van der Waals surface area contributed by atoms with Crippen LogP contribution >= 0.6 is 0 Å². The molecule has 138 valence electrons. The molecular formula is C19H28N2O3S. The van der Waals surface area contributed by atoms with Crippen LogP contribution in [-0.2, 0) is 21.2 Å². The maximum atomic E-state index is 12.6. The van der Waals surface area contributed by atoms with Gasteiger partial charge in [-0.2, -0.15) is 4.31 Å². The molecule has 1 heterocycles. The van der Waals surface area contributed by atoms with Gasteiger partial charge in [-0.15, -0.1) is 0 Å². The third kappa shape index (κ3) is 4.06. The van der Waals surface area contributed by atoms with Gasteiger partial charge in [0.25, 0.3) is 0 Å². The summed E-state index contributed by atoms with van der Waals surface area (Å²) in [4.78, 5) is 12.6. The van der Waals surface area contributed by atoms with Gasteiger partial charge in [-0.25, -0.2) is 8.42 Å². The van der Waals surface area contributed by atoms with E-state index in [1.54, 1.807) is 0 Å². The molecule has 0 spiro atoms. The molecule has 1 aromatic rings. The zero-order valence-electron chi connectivity index (χ0n) is 14.9. The Morgan fingerprint density at radius 3 is 2.84 bits per heavy atom. The molecule has 2 aliphatic rings. The van der Waals surface area contributed by atoms with Crippen LogP contribution in [0.3, 0.4) is 0 Å². The van der Waals surface area contributed by atoms with Crippen molar-refractivity contribution >= 4 is 15.9 Å². The molecule has 5 nitrogen and oxygen atoms in total. The van der Waals surface area contributed by atoms with Gasteiger partial charge in [0, 0.05) is 19.0 Å². The third-order valence-electron chi connectivity index (χ3n) is 5.34. The molecule has 0 radical (unpaired) electrons. The summed E-state index contributed by atoms with van der Waals surface area (Å²) in [6, 6.07) is 7.90. The summed E-state index contributed by atoms with van der Waals surface area (Å²) in [5.74, 6) is 0.309. The van der Waals surface area contributed by atoms with E-state index in [9.17, 15) is 13.2 Å². The molecule has 1 saturated heterocycles. The molecule has 1 fully saturated rings. The molecule has 0 aromatic heterocycles. The Bertz CT molecular complexity index is 717. The second-order valence-corrected chi connectivity index (χ2v) is 9.16. The minimum absolute atomic E-state index is 0.118. The summed E-state index contributed by atoms with van der Waals surface area (Å²) in [6.45, 7) is 2.91. The largest absolute Gasteiger partial charge is 0.354 e. The normalized spacial score (nSPS) is 24.0. The van der Waals surface area contributed by atoms with Gasteiger partial charge in [0.05, 0.1) is 5.75 Å². The minimum atomic E-state index is -3.32. The van der Waals surface area contributed by atoms with Crippen LogP contribution in [0.15, 0.2) is 24.3 Å². The predicted octanol–water partition coefficient (Wildman–Crippen LogP) is 2.43. The molecule has 25 heavy (non-hydrogen) atoms. The number of carbonyl (C=O) groups excluding carboxylic acids is 1. The van der Waals surface area contributed by atoms with E-state index < -0.39 is 16.1 Å². The van der Waals surface area contributed by atoms with E-state index in [2.05, 4.69) is 29.6 Å². The van der Waals surface area contributed by atoms with E-state index in [1.807, 2.05) is 6.92 Å². The molecule has 2 atom stereocenters. The van der Waals surface area contributed by atoms with Gasteiger partial charge < -0.3 is 5.32 Å². The van der Waals surface area contributed by atoms with E-state index in [-0.39, 0.29) is 11.7 Å². The molecule has 6 heteroatoms. The quantitative estimate of drug-likeness (QED) is 0.843. The first-order valence-corrected chi connectivity index (χ1v) is 11.0. The SMILES string of the molecule is CCCS(=O)(=O)N1CCCC1C(=O)NCC1CCCc2ccccc21. The number of amides is 1. The molecule has 1 amide bonds. The van der Waals surface area contributed by atoms with Crippen molar-refractivity contribution in [3.8, 4) is 0 Å². The molecule has 3 rings (SSSR count). The Balaban J connectivity index is 1.63. The van der Waals surface area contributed by atoms with Crippen LogP contribution in [0.2, 0.25) is 0 Å². The number of benzene rings is 1. The van der Waals surface area contributed by atoms with Crippen molar-refractivity contribution in [3.63, 3.8) is 0 Å². The van der Waals surface area contributed by atoms with Crippen LogP contribution in [0.1, 0.15) is 56.1 Å². The first kappa shape index (κ1) is 18.4. The second-order valence-electron chi connectivity index (χ2n) is 7.12. The summed E-state index contributed by atoms with van der Waals surface area (Å²) in [5, 5.41) is 3.03. The summed E-state index contributed by atoms with van der Waals surface area (Å²) < 4.78 is 26.1. The highest BCUT2D eigenvalue weighted by atomic mass is 32.2. The van der Waals surface area contributed by atoms with Gasteiger partial charge in [-0.1, -0.05) is 31.2 Å². The van der Waals surface area contributed by atoms with Crippen LogP contribution in [0.4, 0.5) is 0 Å². The lowest BCUT2D eigenvalue weighted by molar-refractivity contribution is -0.124. The zero-order chi connectivity index (χ0) is 17.9. The first-order valence-electron chi connectivity index (χ1n) is 9.38. The number of hydrogen-bond acceptors (Lipinski definition) is 3. The molecule has 1 aliphatic heterocycles. The summed E-state index contributed by atoms with van der Waals surface area (Å²) >= 11 is 0. The van der Waals surface area contributed by atoms with E-state index >= 15 is 0 Å². The molecule has 1 aliphatic carbocycles. The number of rotatable bonds is 6. The Hall–Kier alpha value is -1.40. The lowest BCUT2D eigenvalue weighted by Gasteiger charge is -2.27. The van der Waals surface area contributed by atoms with Gasteiger partial charge in [0.1, 0.15) is 6.04 Å². The molecule has 1 aromatic carbocycles. The van der Waals surface area contributed by atoms with Crippen molar-refractivity contribution in [1.29, 1.82) is 0 Å². The van der Waals surface area contributed by atoms with Crippen LogP contribution < -0.4 is 5.32 Å².